The molecule has 0 saturated carbocycles. The number of aromatic nitrogens is 2. The summed E-state index contributed by atoms with van der Waals surface area (Å²) in [6, 6.07) is 1.92. The van der Waals surface area contributed by atoms with Crippen LogP contribution in [0.25, 0.3) is 11.4 Å². The van der Waals surface area contributed by atoms with Gasteiger partial charge in [0.2, 0.25) is 11.7 Å². The monoisotopic (exact) mass is 295 g/mol. The van der Waals surface area contributed by atoms with Gasteiger partial charge in [0, 0.05) is 17.5 Å². The predicted octanol–water partition coefficient (Wildman–Crippen LogP) is 2.34. The van der Waals surface area contributed by atoms with Crippen LogP contribution in [0.2, 0.25) is 0 Å². The van der Waals surface area contributed by atoms with Crippen LogP contribution < -0.4 is 0 Å². The summed E-state index contributed by atoms with van der Waals surface area (Å²) >= 11 is 1.56. The van der Waals surface area contributed by atoms with Gasteiger partial charge >= 0.3 is 5.97 Å². The Balaban J connectivity index is 2.04. The highest BCUT2D eigenvalue weighted by Gasteiger charge is 2.16. The smallest absolute Gasteiger partial charge is 0.317 e. The van der Waals surface area contributed by atoms with Crippen LogP contribution in [0.3, 0.4) is 0 Å². The Morgan fingerprint density at radius 3 is 2.95 bits per heavy atom. The lowest BCUT2D eigenvalue weighted by molar-refractivity contribution is -0.138. The van der Waals surface area contributed by atoms with Crippen molar-refractivity contribution < 1.29 is 14.4 Å². The Morgan fingerprint density at radius 1 is 1.55 bits per heavy atom. The van der Waals surface area contributed by atoms with Crippen LogP contribution in [0.15, 0.2) is 21.3 Å². The third-order valence-electron chi connectivity index (χ3n) is 2.59. The largest absolute Gasteiger partial charge is 0.480 e. The standard InChI is InChI=1S/C13H17N3O3S/c1-9(2)5-16(7-12(17)18)6-11-14-13(15-19-11)10-3-4-20-8-10/h3-4,8-9H,5-7H2,1-2H3,(H,17,18). The first-order valence-corrected chi connectivity index (χ1v) is 7.28. The molecule has 20 heavy (non-hydrogen) atoms. The average molecular weight is 295 g/mol. The normalized spacial score (nSPS) is 11.4. The van der Waals surface area contributed by atoms with E-state index in [1.54, 1.807) is 16.2 Å². The number of hydrogen-bond acceptors (Lipinski definition) is 6. The molecule has 6 nitrogen and oxygen atoms in total. The highest BCUT2D eigenvalue weighted by atomic mass is 32.1. The van der Waals surface area contributed by atoms with E-state index < -0.39 is 5.97 Å². The second-order valence-electron chi connectivity index (χ2n) is 4.98. The Labute approximate surface area is 121 Å². The topological polar surface area (TPSA) is 79.5 Å². The second-order valence-corrected chi connectivity index (χ2v) is 5.76. The maximum atomic E-state index is 10.9. The quantitative estimate of drug-likeness (QED) is 0.844. The number of aliphatic carboxylic acids is 1. The van der Waals surface area contributed by atoms with E-state index in [4.69, 9.17) is 9.63 Å². The first kappa shape index (κ1) is 14.7. The number of carboxylic acids is 1. The zero-order valence-corrected chi connectivity index (χ0v) is 12.3. The van der Waals surface area contributed by atoms with Crippen molar-refractivity contribution in [2.24, 2.45) is 5.92 Å². The molecule has 0 aromatic carbocycles. The first-order valence-electron chi connectivity index (χ1n) is 6.34. The maximum absolute atomic E-state index is 10.9. The van der Waals surface area contributed by atoms with Crippen LogP contribution >= 0.6 is 11.3 Å². The average Bonchev–Trinajstić information content (AvgIpc) is 2.95. The fourth-order valence-corrected chi connectivity index (χ4v) is 2.55. The molecule has 0 spiro atoms. The van der Waals surface area contributed by atoms with E-state index in [9.17, 15) is 4.79 Å². The van der Waals surface area contributed by atoms with E-state index in [1.807, 2.05) is 30.7 Å². The van der Waals surface area contributed by atoms with Crippen molar-refractivity contribution in [2.75, 3.05) is 13.1 Å². The molecule has 0 atom stereocenters. The molecule has 0 amide bonds. The lowest BCUT2D eigenvalue weighted by Gasteiger charge is -2.20. The van der Waals surface area contributed by atoms with Gasteiger partial charge in [0.1, 0.15) is 0 Å². The van der Waals surface area contributed by atoms with Crippen molar-refractivity contribution in [2.45, 2.75) is 20.4 Å². The molecular formula is C13H17N3O3S. The van der Waals surface area contributed by atoms with Crippen LogP contribution in [-0.2, 0) is 11.3 Å². The van der Waals surface area contributed by atoms with E-state index in [-0.39, 0.29) is 6.54 Å². The highest BCUT2D eigenvalue weighted by Crippen LogP contribution is 2.19. The van der Waals surface area contributed by atoms with Crippen molar-refractivity contribution in [3.8, 4) is 11.4 Å². The predicted molar refractivity (Wildman–Crippen MR) is 75.4 cm³/mol. The minimum Gasteiger partial charge on any atom is -0.480 e. The van der Waals surface area contributed by atoms with Gasteiger partial charge in [-0.15, -0.1) is 0 Å². The molecule has 108 valence electrons. The van der Waals surface area contributed by atoms with E-state index in [2.05, 4.69) is 10.1 Å². The molecule has 2 aromatic rings. The van der Waals surface area contributed by atoms with Crippen LogP contribution in [0.4, 0.5) is 0 Å². The Hall–Kier alpha value is -1.73. The number of carbonyl (C=O) groups is 1. The molecule has 0 fully saturated rings. The van der Waals surface area contributed by atoms with E-state index in [0.717, 1.165) is 5.56 Å². The van der Waals surface area contributed by atoms with Crippen molar-refractivity contribution in [3.63, 3.8) is 0 Å². The number of carboxylic acid groups (broad SMARTS) is 1. The summed E-state index contributed by atoms with van der Waals surface area (Å²) in [5.74, 6) is 0.492. The molecule has 1 N–H and O–H groups in total. The van der Waals surface area contributed by atoms with Crippen LogP contribution in [-0.4, -0.2) is 39.2 Å². The van der Waals surface area contributed by atoms with Crippen molar-refractivity contribution in [1.29, 1.82) is 0 Å². The van der Waals surface area contributed by atoms with E-state index in [0.29, 0.717) is 30.7 Å². The van der Waals surface area contributed by atoms with Gasteiger partial charge in [0.15, 0.2) is 0 Å². The van der Waals surface area contributed by atoms with E-state index >= 15 is 0 Å². The third kappa shape index (κ3) is 4.14. The van der Waals surface area contributed by atoms with Crippen molar-refractivity contribution in [1.82, 2.24) is 15.0 Å². The van der Waals surface area contributed by atoms with Gasteiger partial charge in [-0.3, -0.25) is 9.69 Å². The third-order valence-corrected chi connectivity index (χ3v) is 3.27. The number of rotatable bonds is 7. The zero-order chi connectivity index (χ0) is 14.5. The number of nitrogens with zero attached hydrogens (tertiary/aromatic N) is 3. The van der Waals surface area contributed by atoms with Gasteiger partial charge < -0.3 is 9.63 Å². The Bertz CT molecular complexity index is 551. The molecular weight excluding hydrogens is 278 g/mol. The maximum Gasteiger partial charge on any atom is 0.317 e. The van der Waals surface area contributed by atoms with Gasteiger partial charge in [0.05, 0.1) is 13.1 Å². The van der Waals surface area contributed by atoms with Crippen molar-refractivity contribution >= 4 is 17.3 Å². The summed E-state index contributed by atoms with van der Waals surface area (Å²) in [5, 5.41) is 16.7. The van der Waals surface area contributed by atoms with Crippen LogP contribution in [0.1, 0.15) is 19.7 Å². The number of thiophene rings is 1. The summed E-state index contributed by atoms with van der Waals surface area (Å²) < 4.78 is 5.19. The summed E-state index contributed by atoms with van der Waals surface area (Å²) in [7, 11) is 0. The molecule has 0 aliphatic rings. The summed E-state index contributed by atoms with van der Waals surface area (Å²) in [6.45, 7) is 5.07. The molecule has 2 heterocycles. The second kappa shape index (κ2) is 6.62. The molecule has 0 unspecified atom stereocenters. The van der Waals surface area contributed by atoms with Gasteiger partial charge in [-0.05, 0) is 17.4 Å². The summed E-state index contributed by atoms with van der Waals surface area (Å²) in [6.07, 6.45) is 0. The molecule has 2 rings (SSSR count). The highest BCUT2D eigenvalue weighted by molar-refractivity contribution is 7.08. The zero-order valence-electron chi connectivity index (χ0n) is 11.4. The van der Waals surface area contributed by atoms with Gasteiger partial charge in [-0.25, -0.2) is 0 Å². The lowest BCUT2D eigenvalue weighted by Crippen LogP contribution is -2.32. The Morgan fingerprint density at radius 2 is 2.35 bits per heavy atom. The summed E-state index contributed by atoms with van der Waals surface area (Å²) in [5.41, 5.74) is 0.915. The summed E-state index contributed by atoms with van der Waals surface area (Å²) in [4.78, 5) is 17.0. The fourth-order valence-electron chi connectivity index (χ4n) is 1.91. The van der Waals surface area contributed by atoms with E-state index in [1.165, 1.54) is 0 Å². The van der Waals surface area contributed by atoms with Gasteiger partial charge in [-0.2, -0.15) is 16.3 Å². The molecule has 2 aromatic heterocycles. The molecule has 0 bridgehead atoms. The van der Waals surface area contributed by atoms with Crippen LogP contribution in [0.5, 0.6) is 0 Å². The SMILES string of the molecule is CC(C)CN(CC(=O)O)Cc1nc(-c2ccsc2)no1. The fraction of sp³-hybridized carbons (Fsp3) is 0.462. The molecule has 0 saturated heterocycles. The van der Waals surface area contributed by atoms with Gasteiger partial charge in [-0.1, -0.05) is 19.0 Å². The lowest BCUT2D eigenvalue weighted by atomic mass is 10.2. The van der Waals surface area contributed by atoms with Crippen LogP contribution in [0, 0.1) is 5.92 Å². The molecule has 7 heteroatoms. The Kier molecular flexibility index (Phi) is 4.86. The van der Waals surface area contributed by atoms with Gasteiger partial charge in [0.25, 0.3) is 0 Å². The minimum absolute atomic E-state index is 0.0334. The number of hydrogen-bond donors (Lipinski definition) is 1. The molecule has 0 aliphatic carbocycles. The van der Waals surface area contributed by atoms with Crippen molar-refractivity contribution in [3.05, 3.63) is 22.7 Å². The molecule has 0 radical (unpaired) electrons. The minimum atomic E-state index is -0.858. The first-order chi connectivity index (χ1) is 9.54. The molecule has 0 aliphatic heterocycles.